The molecule has 0 aromatic rings. The Balaban J connectivity index is 5.88. The molecule has 0 unspecified atom stereocenters. The first-order chi connectivity index (χ1) is 14.9. The first-order valence-electron chi connectivity index (χ1n) is 8.83. The standard InChI is InChI=1S/C18H18F12O4/c1-9(2)11(31)33-7-5-13(19,20)15(23,24)17(27,28)18(29,30)16(25,26)14(21,22)6-8-34-12(32)10(3)4/h1,3,5-8H2,2,4H3. The predicted molar refractivity (Wildman–Crippen MR) is 90.5 cm³/mol. The molecule has 0 saturated carbocycles. The zero-order valence-corrected chi connectivity index (χ0v) is 17.4. The van der Waals surface area contributed by atoms with Gasteiger partial charge in [-0.15, -0.1) is 0 Å². The number of alkyl halides is 12. The van der Waals surface area contributed by atoms with Crippen LogP contribution < -0.4 is 0 Å². The number of carbonyl (C=O) groups excluding carboxylic acids is 2. The van der Waals surface area contributed by atoms with E-state index in [1.54, 1.807) is 0 Å². The molecule has 0 aliphatic rings. The Morgan fingerprint density at radius 3 is 1.00 bits per heavy atom. The summed E-state index contributed by atoms with van der Waals surface area (Å²) < 4.78 is 172. The molecule has 0 heterocycles. The quantitative estimate of drug-likeness (QED) is 0.173. The maximum absolute atomic E-state index is 13.8. The van der Waals surface area contributed by atoms with E-state index in [2.05, 4.69) is 22.6 Å². The minimum Gasteiger partial charge on any atom is -0.462 e. The molecule has 16 heteroatoms. The molecular weight excluding hydrogens is 508 g/mol. The first kappa shape index (κ1) is 31.6. The Morgan fingerprint density at radius 1 is 0.559 bits per heavy atom. The molecule has 0 amide bonds. The van der Waals surface area contributed by atoms with Crippen molar-refractivity contribution >= 4 is 11.9 Å². The van der Waals surface area contributed by atoms with E-state index in [0.29, 0.717) is 0 Å². The van der Waals surface area contributed by atoms with Gasteiger partial charge in [-0.05, 0) is 13.8 Å². The zero-order chi connectivity index (χ0) is 27.6. The fourth-order valence-corrected chi connectivity index (χ4v) is 1.96. The number of esters is 2. The van der Waals surface area contributed by atoms with Gasteiger partial charge in [-0.3, -0.25) is 0 Å². The lowest BCUT2D eigenvalue weighted by Crippen LogP contribution is -2.70. The third-order valence-corrected chi connectivity index (χ3v) is 4.10. The highest BCUT2D eigenvalue weighted by Crippen LogP contribution is 2.60. The van der Waals surface area contributed by atoms with Gasteiger partial charge < -0.3 is 9.47 Å². The molecule has 0 N–H and O–H groups in total. The van der Waals surface area contributed by atoms with Gasteiger partial charge >= 0.3 is 47.5 Å². The van der Waals surface area contributed by atoms with Crippen LogP contribution in [0.25, 0.3) is 0 Å². The second kappa shape index (κ2) is 10.1. The van der Waals surface area contributed by atoms with E-state index in [1.807, 2.05) is 0 Å². The van der Waals surface area contributed by atoms with Crippen molar-refractivity contribution in [2.75, 3.05) is 13.2 Å². The Morgan fingerprint density at radius 2 is 0.794 bits per heavy atom. The molecule has 0 rings (SSSR count). The van der Waals surface area contributed by atoms with Crippen LogP contribution in [0.3, 0.4) is 0 Å². The SMILES string of the molecule is C=C(C)C(=O)OCCC(F)(F)C(F)(F)C(F)(F)C(F)(F)C(F)(F)C(F)(F)CCOC(=O)C(=C)C. The average molecular weight is 526 g/mol. The van der Waals surface area contributed by atoms with Gasteiger partial charge in [0.1, 0.15) is 0 Å². The van der Waals surface area contributed by atoms with Gasteiger partial charge in [-0.2, -0.15) is 52.7 Å². The molecule has 4 nitrogen and oxygen atoms in total. The highest BCUT2D eigenvalue weighted by Gasteiger charge is 2.89. The summed E-state index contributed by atoms with van der Waals surface area (Å²) in [4.78, 5) is 22.0. The predicted octanol–water partition coefficient (Wildman–Crippen LogP) is 5.82. The summed E-state index contributed by atoms with van der Waals surface area (Å²) in [6.07, 6.45) is -5.13. The molecule has 0 atom stereocenters. The monoisotopic (exact) mass is 526 g/mol. The second-order valence-corrected chi connectivity index (χ2v) is 7.04. The topological polar surface area (TPSA) is 52.6 Å². The van der Waals surface area contributed by atoms with E-state index >= 15 is 0 Å². The zero-order valence-electron chi connectivity index (χ0n) is 17.4. The number of rotatable bonds is 13. The van der Waals surface area contributed by atoms with Gasteiger partial charge in [0.2, 0.25) is 0 Å². The van der Waals surface area contributed by atoms with E-state index in [9.17, 15) is 62.3 Å². The van der Waals surface area contributed by atoms with Crippen molar-refractivity contribution in [2.24, 2.45) is 0 Å². The molecule has 0 aromatic carbocycles. The lowest BCUT2D eigenvalue weighted by molar-refractivity contribution is -0.426. The highest BCUT2D eigenvalue weighted by molar-refractivity contribution is 5.87. The van der Waals surface area contributed by atoms with Gasteiger partial charge in [-0.25, -0.2) is 9.59 Å². The molecule has 0 spiro atoms. The Bertz CT molecular complexity index is 739. The number of hydrogen-bond acceptors (Lipinski definition) is 4. The number of ether oxygens (including phenoxy) is 2. The maximum Gasteiger partial charge on any atom is 0.384 e. The van der Waals surface area contributed by atoms with Crippen LogP contribution in [-0.2, 0) is 19.1 Å². The van der Waals surface area contributed by atoms with Crippen molar-refractivity contribution in [2.45, 2.75) is 62.2 Å². The van der Waals surface area contributed by atoms with Crippen LogP contribution in [0.4, 0.5) is 52.7 Å². The molecule has 0 aliphatic carbocycles. The average Bonchev–Trinajstić information content (AvgIpc) is 2.66. The Kier molecular flexibility index (Phi) is 9.34. The van der Waals surface area contributed by atoms with Gasteiger partial charge in [0, 0.05) is 11.1 Å². The van der Waals surface area contributed by atoms with Crippen LogP contribution in [0.1, 0.15) is 26.7 Å². The molecular formula is C18H18F12O4. The highest BCUT2D eigenvalue weighted by atomic mass is 19.4. The van der Waals surface area contributed by atoms with Crippen molar-refractivity contribution in [3.8, 4) is 0 Å². The third kappa shape index (κ3) is 5.79. The number of halogens is 12. The van der Waals surface area contributed by atoms with Gasteiger partial charge in [-0.1, -0.05) is 13.2 Å². The molecule has 0 bridgehead atoms. The lowest BCUT2D eigenvalue weighted by Gasteiger charge is -2.41. The minimum atomic E-state index is -7.75. The van der Waals surface area contributed by atoms with Crippen LogP contribution in [0, 0.1) is 0 Å². The molecule has 0 aliphatic heterocycles. The normalized spacial score (nSPS) is 13.9. The number of hydrogen-bond donors (Lipinski definition) is 0. The van der Waals surface area contributed by atoms with Gasteiger partial charge in [0.05, 0.1) is 26.1 Å². The molecule has 34 heavy (non-hydrogen) atoms. The molecule has 198 valence electrons. The fraction of sp³-hybridized carbons (Fsp3) is 0.667. The van der Waals surface area contributed by atoms with Crippen LogP contribution >= 0.6 is 0 Å². The molecule has 0 radical (unpaired) electrons. The summed E-state index contributed by atoms with van der Waals surface area (Å²) in [6, 6.07) is 0. The summed E-state index contributed by atoms with van der Waals surface area (Å²) in [5, 5.41) is 0. The van der Waals surface area contributed by atoms with Crippen LogP contribution in [0.5, 0.6) is 0 Å². The third-order valence-electron chi connectivity index (χ3n) is 4.10. The van der Waals surface area contributed by atoms with E-state index in [1.165, 1.54) is 0 Å². The fourth-order valence-electron chi connectivity index (χ4n) is 1.96. The Labute approximate surface area is 184 Å². The minimum absolute atomic E-state index is 0.456. The van der Waals surface area contributed by atoms with Crippen LogP contribution in [0.15, 0.2) is 24.3 Å². The van der Waals surface area contributed by atoms with Crippen molar-refractivity contribution in [1.29, 1.82) is 0 Å². The van der Waals surface area contributed by atoms with Crippen LogP contribution in [-0.4, -0.2) is 60.7 Å². The second-order valence-electron chi connectivity index (χ2n) is 7.04. The summed E-state index contributed by atoms with van der Waals surface area (Å²) in [6.45, 7) is 4.32. The lowest BCUT2D eigenvalue weighted by atomic mass is 9.89. The smallest absolute Gasteiger partial charge is 0.384 e. The Hall–Kier alpha value is -2.42. The van der Waals surface area contributed by atoms with Gasteiger partial charge in [0.15, 0.2) is 0 Å². The molecule has 0 aromatic heterocycles. The van der Waals surface area contributed by atoms with Crippen molar-refractivity contribution in [1.82, 2.24) is 0 Å². The van der Waals surface area contributed by atoms with Crippen molar-refractivity contribution < 1.29 is 71.7 Å². The summed E-state index contributed by atoms with van der Waals surface area (Å²) >= 11 is 0. The first-order valence-corrected chi connectivity index (χ1v) is 8.83. The van der Waals surface area contributed by atoms with E-state index < -0.39 is 84.7 Å². The number of carbonyl (C=O) groups is 2. The van der Waals surface area contributed by atoms with Crippen molar-refractivity contribution in [3.63, 3.8) is 0 Å². The maximum atomic E-state index is 13.8. The summed E-state index contributed by atoms with van der Waals surface area (Å²) in [5.41, 5.74) is -0.912. The van der Waals surface area contributed by atoms with Crippen LogP contribution in [0.2, 0.25) is 0 Å². The van der Waals surface area contributed by atoms with Crippen molar-refractivity contribution in [3.05, 3.63) is 24.3 Å². The molecule has 0 saturated heterocycles. The van der Waals surface area contributed by atoms with E-state index in [0.717, 1.165) is 13.8 Å². The summed E-state index contributed by atoms with van der Waals surface area (Å²) in [5.74, 6) is -45.6. The van der Waals surface area contributed by atoms with Gasteiger partial charge in [0.25, 0.3) is 0 Å². The largest absolute Gasteiger partial charge is 0.462 e. The summed E-state index contributed by atoms with van der Waals surface area (Å²) in [7, 11) is 0. The van der Waals surface area contributed by atoms with E-state index in [-0.39, 0.29) is 0 Å². The van der Waals surface area contributed by atoms with E-state index in [4.69, 9.17) is 0 Å². The molecule has 0 fully saturated rings.